The van der Waals surface area contributed by atoms with Gasteiger partial charge in [-0.05, 0) is 12.8 Å². The van der Waals surface area contributed by atoms with Gasteiger partial charge in [0, 0.05) is 35.5 Å². The highest BCUT2D eigenvalue weighted by molar-refractivity contribution is 5.70. The van der Waals surface area contributed by atoms with Crippen LogP contribution in [0.25, 0.3) is 11.3 Å². The Labute approximate surface area is 170 Å². The molecule has 2 N–H and O–H groups in total. The summed E-state index contributed by atoms with van der Waals surface area (Å²) in [6.45, 7) is 0. The second-order valence-corrected chi connectivity index (χ2v) is 6.79. The second kappa shape index (κ2) is 8.26. The fourth-order valence-corrected chi connectivity index (χ4v) is 3.04. The van der Waals surface area contributed by atoms with E-state index in [1.165, 1.54) is 0 Å². The first kappa shape index (κ1) is 18.9. The molecule has 0 saturated heterocycles. The summed E-state index contributed by atoms with van der Waals surface area (Å²) in [5, 5.41) is 6.73. The third kappa shape index (κ3) is 4.34. The van der Waals surface area contributed by atoms with Gasteiger partial charge in [-0.15, -0.1) is 0 Å². The molecule has 0 amide bonds. The van der Waals surface area contributed by atoms with Gasteiger partial charge in [0.25, 0.3) is 0 Å². The zero-order chi connectivity index (χ0) is 20.2. The van der Waals surface area contributed by atoms with E-state index in [1.807, 2.05) is 48.5 Å². The quantitative estimate of drug-likeness (QED) is 0.585. The molecule has 0 atom stereocenters. The standard InChI is InChI=1S/C22H24N4O3/c1-27-18-11-16(12-19(28-2)21(18)29-3)23-20-13-17(14-7-5-4-6-8-14)25-22(26-20)24-15-9-10-15/h4-8,11-13,15H,9-10H2,1-3H3,(H2,23,24,25,26). The van der Waals surface area contributed by atoms with Crippen LogP contribution in [0.3, 0.4) is 0 Å². The average Bonchev–Trinajstić information content (AvgIpc) is 3.57. The van der Waals surface area contributed by atoms with E-state index in [1.54, 1.807) is 21.3 Å². The first-order valence-electron chi connectivity index (χ1n) is 9.48. The van der Waals surface area contributed by atoms with Gasteiger partial charge in [0.1, 0.15) is 5.82 Å². The second-order valence-electron chi connectivity index (χ2n) is 6.79. The van der Waals surface area contributed by atoms with Crippen LogP contribution in [0.15, 0.2) is 48.5 Å². The van der Waals surface area contributed by atoms with Gasteiger partial charge in [-0.3, -0.25) is 0 Å². The Hall–Kier alpha value is -3.48. The van der Waals surface area contributed by atoms with Crippen molar-refractivity contribution >= 4 is 17.5 Å². The highest BCUT2D eigenvalue weighted by atomic mass is 16.5. The zero-order valence-electron chi connectivity index (χ0n) is 16.7. The first-order chi connectivity index (χ1) is 14.2. The summed E-state index contributed by atoms with van der Waals surface area (Å²) in [5.74, 6) is 2.98. The number of anilines is 3. The molecular formula is C22H24N4O3. The van der Waals surface area contributed by atoms with E-state index in [9.17, 15) is 0 Å². The maximum Gasteiger partial charge on any atom is 0.225 e. The first-order valence-corrected chi connectivity index (χ1v) is 9.48. The number of methoxy groups -OCH3 is 3. The van der Waals surface area contributed by atoms with E-state index in [0.29, 0.717) is 35.1 Å². The van der Waals surface area contributed by atoms with Crippen molar-refractivity contribution in [3.05, 3.63) is 48.5 Å². The van der Waals surface area contributed by atoms with Gasteiger partial charge >= 0.3 is 0 Å². The van der Waals surface area contributed by atoms with Crippen molar-refractivity contribution in [1.29, 1.82) is 0 Å². The number of hydrogen-bond acceptors (Lipinski definition) is 7. The number of nitrogens with one attached hydrogen (secondary N) is 2. The molecule has 0 spiro atoms. The zero-order valence-corrected chi connectivity index (χ0v) is 16.7. The van der Waals surface area contributed by atoms with Crippen molar-refractivity contribution in [2.45, 2.75) is 18.9 Å². The third-order valence-electron chi connectivity index (χ3n) is 4.64. The summed E-state index contributed by atoms with van der Waals surface area (Å²) in [6.07, 6.45) is 2.29. The molecule has 7 nitrogen and oxygen atoms in total. The minimum Gasteiger partial charge on any atom is -0.493 e. The molecule has 0 aliphatic heterocycles. The summed E-state index contributed by atoms with van der Waals surface area (Å²) in [5.41, 5.74) is 2.65. The molecule has 1 heterocycles. The summed E-state index contributed by atoms with van der Waals surface area (Å²) < 4.78 is 16.3. The number of hydrogen-bond donors (Lipinski definition) is 2. The van der Waals surface area contributed by atoms with Crippen LogP contribution in [-0.4, -0.2) is 37.3 Å². The lowest BCUT2D eigenvalue weighted by molar-refractivity contribution is 0.324. The molecular weight excluding hydrogens is 368 g/mol. The van der Waals surface area contributed by atoms with E-state index in [4.69, 9.17) is 14.2 Å². The molecule has 3 aromatic rings. The molecule has 1 aromatic heterocycles. The lowest BCUT2D eigenvalue weighted by Crippen LogP contribution is -2.08. The Bertz CT molecular complexity index is 966. The van der Waals surface area contributed by atoms with Crippen LogP contribution in [0.2, 0.25) is 0 Å². The van der Waals surface area contributed by atoms with Crippen LogP contribution < -0.4 is 24.8 Å². The maximum absolute atomic E-state index is 5.44. The fraction of sp³-hybridized carbons (Fsp3) is 0.273. The average molecular weight is 392 g/mol. The van der Waals surface area contributed by atoms with Crippen molar-refractivity contribution in [2.75, 3.05) is 32.0 Å². The van der Waals surface area contributed by atoms with Gasteiger partial charge in [0.15, 0.2) is 11.5 Å². The molecule has 7 heteroatoms. The molecule has 1 saturated carbocycles. The van der Waals surface area contributed by atoms with Gasteiger partial charge in [0.05, 0.1) is 27.0 Å². The Balaban J connectivity index is 1.70. The Morgan fingerprint density at radius 2 is 1.55 bits per heavy atom. The van der Waals surface area contributed by atoms with Crippen LogP contribution in [0, 0.1) is 0 Å². The minimum absolute atomic E-state index is 0.454. The van der Waals surface area contributed by atoms with E-state index < -0.39 is 0 Å². The van der Waals surface area contributed by atoms with Crippen molar-refractivity contribution in [2.24, 2.45) is 0 Å². The number of rotatable bonds is 8. The summed E-state index contributed by atoms with van der Waals surface area (Å²) in [4.78, 5) is 9.33. The molecule has 1 fully saturated rings. The molecule has 2 aromatic carbocycles. The normalized spacial score (nSPS) is 12.9. The van der Waals surface area contributed by atoms with Crippen LogP contribution in [0.1, 0.15) is 12.8 Å². The molecule has 0 unspecified atom stereocenters. The van der Waals surface area contributed by atoms with Crippen LogP contribution >= 0.6 is 0 Å². The van der Waals surface area contributed by atoms with E-state index in [0.717, 1.165) is 29.8 Å². The SMILES string of the molecule is COc1cc(Nc2cc(-c3ccccc3)nc(NC3CC3)n2)cc(OC)c1OC. The van der Waals surface area contributed by atoms with Crippen LogP contribution in [-0.2, 0) is 0 Å². The Kier molecular flexibility index (Phi) is 5.37. The van der Waals surface area contributed by atoms with Gasteiger partial charge in [-0.25, -0.2) is 4.98 Å². The lowest BCUT2D eigenvalue weighted by atomic mass is 10.1. The molecule has 1 aliphatic carbocycles. The van der Waals surface area contributed by atoms with Crippen molar-refractivity contribution < 1.29 is 14.2 Å². The number of benzene rings is 2. The molecule has 29 heavy (non-hydrogen) atoms. The van der Waals surface area contributed by atoms with Crippen molar-refractivity contribution in [1.82, 2.24) is 9.97 Å². The number of aromatic nitrogens is 2. The molecule has 150 valence electrons. The third-order valence-corrected chi connectivity index (χ3v) is 4.64. The van der Waals surface area contributed by atoms with Crippen molar-refractivity contribution in [3.8, 4) is 28.5 Å². The van der Waals surface area contributed by atoms with Gasteiger partial charge in [-0.1, -0.05) is 30.3 Å². The van der Waals surface area contributed by atoms with Gasteiger partial charge in [-0.2, -0.15) is 4.98 Å². The number of nitrogens with zero attached hydrogens (tertiary/aromatic N) is 2. The summed E-state index contributed by atoms with van der Waals surface area (Å²) in [7, 11) is 4.77. The molecule has 0 radical (unpaired) electrons. The van der Waals surface area contributed by atoms with Gasteiger partial charge in [0.2, 0.25) is 11.7 Å². The Morgan fingerprint density at radius 1 is 0.862 bits per heavy atom. The highest BCUT2D eigenvalue weighted by Crippen LogP contribution is 2.40. The predicted molar refractivity (Wildman–Crippen MR) is 113 cm³/mol. The largest absolute Gasteiger partial charge is 0.493 e. The van der Waals surface area contributed by atoms with Gasteiger partial charge < -0.3 is 24.8 Å². The van der Waals surface area contributed by atoms with E-state index >= 15 is 0 Å². The summed E-state index contributed by atoms with van der Waals surface area (Å²) in [6, 6.07) is 16.1. The van der Waals surface area contributed by atoms with Crippen LogP contribution in [0.4, 0.5) is 17.5 Å². The predicted octanol–water partition coefficient (Wildman–Crippen LogP) is 4.49. The topological polar surface area (TPSA) is 77.5 Å². The van der Waals surface area contributed by atoms with Crippen molar-refractivity contribution in [3.63, 3.8) is 0 Å². The lowest BCUT2D eigenvalue weighted by Gasteiger charge is -2.15. The highest BCUT2D eigenvalue weighted by Gasteiger charge is 2.22. The van der Waals surface area contributed by atoms with Crippen LogP contribution in [0.5, 0.6) is 17.2 Å². The van der Waals surface area contributed by atoms with E-state index in [2.05, 4.69) is 20.6 Å². The number of ether oxygens (including phenoxy) is 3. The molecule has 0 bridgehead atoms. The minimum atomic E-state index is 0.454. The smallest absolute Gasteiger partial charge is 0.225 e. The monoisotopic (exact) mass is 392 g/mol. The molecule has 4 rings (SSSR count). The van der Waals surface area contributed by atoms with E-state index in [-0.39, 0.29) is 0 Å². The Morgan fingerprint density at radius 3 is 2.14 bits per heavy atom. The fourth-order valence-electron chi connectivity index (χ4n) is 3.04. The maximum atomic E-state index is 5.44. The molecule has 1 aliphatic rings. The summed E-state index contributed by atoms with van der Waals surface area (Å²) >= 11 is 0.